The first-order chi connectivity index (χ1) is 16.5. The summed E-state index contributed by atoms with van der Waals surface area (Å²) in [6.07, 6.45) is 0.414. The second kappa shape index (κ2) is 8.89. The Kier molecular flexibility index (Phi) is 6.16. The largest absolute Gasteiger partial charge is 0.446 e. The van der Waals surface area contributed by atoms with Gasteiger partial charge in [-0.05, 0) is 31.3 Å². The third-order valence-corrected chi connectivity index (χ3v) is 8.21. The molecule has 188 valence electrons. The van der Waals surface area contributed by atoms with E-state index in [9.17, 15) is 26.7 Å². The first-order valence-electron chi connectivity index (χ1n) is 10.8. The molecule has 1 aromatic carbocycles. The van der Waals surface area contributed by atoms with E-state index in [-0.39, 0.29) is 70.5 Å². The van der Waals surface area contributed by atoms with Crippen molar-refractivity contribution in [3.63, 3.8) is 0 Å². The smallest absolute Gasteiger partial charge is 0.374 e. The third-order valence-electron chi connectivity index (χ3n) is 5.99. The van der Waals surface area contributed by atoms with Crippen molar-refractivity contribution in [2.45, 2.75) is 47.7 Å². The number of hydrogen-bond acceptors (Lipinski definition) is 8. The Hall–Kier alpha value is -2.45. The van der Waals surface area contributed by atoms with Gasteiger partial charge in [-0.15, -0.1) is 11.3 Å². The highest BCUT2D eigenvalue weighted by molar-refractivity contribution is 8.00. The number of piperidine rings is 1. The molecule has 2 aromatic heterocycles. The third kappa shape index (κ3) is 4.96. The highest BCUT2D eigenvalue weighted by Crippen LogP contribution is 2.51. The number of halogens is 5. The fraction of sp³-hybridized carbons (Fsp3) is 0.476. The molecule has 0 radical (unpaired) electrons. The van der Waals surface area contributed by atoms with E-state index in [0.29, 0.717) is 16.8 Å². The number of likely N-dealkylation sites (tertiary alicyclic amines) is 1. The molecule has 5 rings (SSSR count). The number of thioether (sulfide) groups is 1. The Morgan fingerprint density at radius 1 is 1.34 bits per heavy atom. The Morgan fingerprint density at radius 3 is 2.86 bits per heavy atom. The summed E-state index contributed by atoms with van der Waals surface area (Å²) in [5.41, 5.74) is -4.29. The Bertz CT molecular complexity index is 1260. The van der Waals surface area contributed by atoms with Gasteiger partial charge in [0, 0.05) is 36.2 Å². The van der Waals surface area contributed by atoms with E-state index in [4.69, 9.17) is 4.52 Å². The molecule has 2 aliphatic rings. The molecule has 0 bridgehead atoms. The highest BCUT2D eigenvalue weighted by atomic mass is 32.2. The van der Waals surface area contributed by atoms with Gasteiger partial charge in [0.15, 0.2) is 0 Å². The lowest BCUT2D eigenvalue weighted by atomic mass is 10.0. The summed E-state index contributed by atoms with van der Waals surface area (Å²) < 4.78 is 75.3. The van der Waals surface area contributed by atoms with E-state index in [1.165, 1.54) is 12.1 Å². The van der Waals surface area contributed by atoms with Crippen molar-refractivity contribution >= 4 is 44.8 Å². The second-order valence-electron chi connectivity index (χ2n) is 8.58. The SMILES string of the molecule is CN1CCC(F)(F)[C@H](Nc2cccc3c(SC(F)(F)F)c(-c4noc([C@H]5CCC(=O)N5)n4)sc23)C1. The number of aromatic nitrogens is 2. The number of fused-ring (bicyclic) bond motifs is 1. The molecular weight excluding hydrogens is 513 g/mol. The molecule has 4 heterocycles. The molecule has 1 amide bonds. The maximum absolute atomic E-state index is 14.6. The highest BCUT2D eigenvalue weighted by Gasteiger charge is 2.43. The van der Waals surface area contributed by atoms with Crippen LogP contribution in [0.2, 0.25) is 0 Å². The van der Waals surface area contributed by atoms with Crippen LogP contribution in [0, 0.1) is 0 Å². The van der Waals surface area contributed by atoms with Crippen LogP contribution in [-0.2, 0) is 4.79 Å². The molecule has 2 aliphatic heterocycles. The average Bonchev–Trinajstić information content (AvgIpc) is 3.49. The molecule has 2 fully saturated rings. The number of hydrogen-bond donors (Lipinski definition) is 2. The minimum Gasteiger partial charge on any atom is -0.374 e. The molecular formula is C21H20F5N5O2S2. The van der Waals surface area contributed by atoms with Gasteiger partial charge in [-0.1, -0.05) is 17.3 Å². The summed E-state index contributed by atoms with van der Waals surface area (Å²) in [7, 11) is 1.74. The fourth-order valence-corrected chi connectivity index (χ4v) is 6.34. The summed E-state index contributed by atoms with van der Waals surface area (Å²) in [5.74, 6) is -3.09. The van der Waals surface area contributed by atoms with Crippen LogP contribution in [0.1, 0.15) is 31.2 Å². The molecule has 0 unspecified atom stereocenters. The van der Waals surface area contributed by atoms with Crippen molar-refractivity contribution in [2.75, 3.05) is 25.5 Å². The number of alkyl halides is 5. The maximum Gasteiger partial charge on any atom is 0.446 e. The van der Waals surface area contributed by atoms with Crippen LogP contribution in [0.3, 0.4) is 0 Å². The summed E-state index contributed by atoms with van der Waals surface area (Å²) in [5, 5.41) is 9.67. The predicted molar refractivity (Wildman–Crippen MR) is 122 cm³/mol. The van der Waals surface area contributed by atoms with Crippen LogP contribution in [0.25, 0.3) is 20.8 Å². The summed E-state index contributed by atoms with van der Waals surface area (Å²) >= 11 is 0.666. The number of likely N-dealkylation sites (N-methyl/N-ethyl adjacent to an activating group) is 1. The zero-order chi connectivity index (χ0) is 25.0. The number of rotatable bonds is 5. The topological polar surface area (TPSA) is 83.3 Å². The predicted octanol–water partition coefficient (Wildman–Crippen LogP) is 5.27. The summed E-state index contributed by atoms with van der Waals surface area (Å²) in [4.78, 5) is 17.5. The Labute approximate surface area is 204 Å². The van der Waals surface area contributed by atoms with E-state index in [0.717, 1.165) is 11.3 Å². The summed E-state index contributed by atoms with van der Waals surface area (Å²) in [6, 6.07) is 2.92. The molecule has 7 nitrogen and oxygen atoms in total. The molecule has 0 aliphatic carbocycles. The van der Waals surface area contributed by atoms with E-state index in [2.05, 4.69) is 20.8 Å². The zero-order valence-corrected chi connectivity index (χ0v) is 19.9. The minimum atomic E-state index is -4.60. The molecule has 35 heavy (non-hydrogen) atoms. The Morgan fingerprint density at radius 2 is 2.14 bits per heavy atom. The number of nitrogens with one attached hydrogen (secondary N) is 2. The van der Waals surface area contributed by atoms with E-state index in [1.807, 2.05) is 0 Å². The monoisotopic (exact) mass is 533 g/mol. The molecule has 14 heteroatoms. The van der Waals surface area contributed by atoms with Gasteiger partial charge in [-0.25, -0.2) is 8.78 Å². The van der Waals surface area contributed by atoms with Crippen molar-refractivity contribution in [3.8, 4) is 10.7 Å². The van der Waals surface area contributed by atoms with Crippen LogP contribution >= 0.6 is 23.1 Å². The second-order valence-corrected chi connectivity index (χ2v) is 10.7. The lowest BCUT2D eigenvalue weighted by Crippen LogP contribution is -2.53. The average molecular weight is 534 g/mol. The van der Waals surface area contributed by atoms with Gasteiger partial charge in [0.05, 0.1) is 15.3 Å². The lowest BCUT2D eigenvalue weighted by molar-refractivity contribution is -0.119. The lowest BCUT2D eigenvalue weighted by Gasteiger charge is -2.37. The number of carbonyl (C=O) groups excluding carboxylic acids is 1. The van der Waals surface area contributed by atoms with Gasteiger partial charge in [0.25, 0.3) is 5.92 Å². The molecule has 2 saturated heterocycles. The van der Waals surface area contributed by atoms with Crippen molar-refractivity contribution < 1.29 is 31.3 Å². The van der Waals surface area contributed by atoms with Crippen LogP contribution in [0.5, 0.6) is 0 Å². The molecule has 0 spiro atoms. The van der Waals surface area contributed by atoms with Crippen molar-refractivity contribution in [3.05, 3.63) is 24.1 Å². The minimum absolute atomic E-state index is 0.0530. The van der Waals surface area contributed by atoms with Crippen LogP contribution in [0.15, 0.2) is 27.6 Å². The number of benzene rings is 1. The standard InChI is InChI=1S/C21H20F5N5O2S2/c1-31-8-7-20(22,23)13(9-31)27-11-4-2-3-10-15(11)34-17(16(10)35-21(24,25)26)18-29-19(33-30-18)12-5-6-14(32)28-12/h2-4,12-13,27H,5-9H2,1H3,(H,28,32)/t12-,13-/m1/s1. The number of carbonyl (C=O) groups is 1. The van der Waals surface area contributed by atoms with Gasteiger partial charge in [-0.2, -0.15) is 18.2 Å². The van der Waals surface area contributed by atoms with Gasteiger partial charge in [-0.3, -0.25) is 4.79 Å². The zero-order valence-electron chi connectivity index (χ0n) is 18.3. The number of anilines is 1. The first kappa shape index (κ1) is 24.3. The maximum atomic E-state index is 14.6. The molecule has 2 atom stereocenters. The number of amides is 1. The van der Waals surface area contributed by atoms with Gasteiger partial charge >= 0.3 is 5.51 Å². The molecule has 0 saturated carbocycles. The van der Waals surface area contributed by atoms with Crippen LogP contribution in [-0.4, -0.2) is 58.6 Å². The van der Waals surface area contributed by atoms with E-state index in [1.54, 1.807) is 18.0 Å². The van der Waals surface area contributed by atoms with Crippen LogP contribution < -0.4 is 10.6 Å². The van der Waals surface area contributed by atoms with Gasteiger partial charge < -0.3 is 20.1 Å². The number of nitrogens with zero attached hydrogens (tertiary/aromatic N) is 3. The Balaban J connectivity index is 1.56. The van der Waals surface area contributed by atoms with E-state index >= 15 is 0 Å². The van der Waals surface area contributed by atoms with Gasteiger partial charge in [0.1, 0.15) is 12.1 Å². The molecule has 2 N–H and O–H groups in total. The van der Waals surface area contributed by atoms with Crippen molar-refractivity contribution in [2.24, 2.45) is 0 Å². The van der Waals surface area contributed by atoms with Crippen molar-refractivity contribution in [1.82, 2.24) is 20.4 Å². The molecule has 3 aromatic rings. The van der Waals surface area contributed by atoms with E-state index < -0.39 is 23.5 Å². The summed E-state index contributed by atoms with van der Waals surface area (Å²) in [6.45, 7) is 0.347. The van der Waals surface area contributed by atoms with Crippen molar-refractivity contribution in [1.29, 1.82) is 0 Å². The quantitative estimate of drug-likeness (QED) is 0.342. The fourth-order valence-electron chi connectivity index (χ4n) is 4.23. The normalized spacial score (nSPS) is 23.1. The number of thiophene rings is 1. The van der Waals surface area contributed by atoms with Gasteiger partial charge in [0.2, 0.25) is 17.6 Å². The van der Waals surface area contributed by atoms with Crippen LogP contribution in [0.4, 0.5) is 27.6 Å². The first-order valence-corrected chi connectivity index (χ1v) is 12.4.